The van der Waals surface area contributed by atoms with Crippen molar-refractivity contribution in [3.8, 4) is 5.75 Å². The van der Waals surface area contributed by atoms with Crippen LogP contribution in [0.4, 0.5) is 5.69 Å². The van der Waals surface area contributed by atoms with E-state index in [1.165, 1.54) is 6.42 Å². The van der Waals surface area contributed by atoms with Crippen LogP contribution < -0.4 is 10.1 Å². The summed E-state index contributed by atoms with van der Waals surface area (Å²) in [5.41, 5.74) is 0.0964. The topological polar surface area (TPSA) is 50.8 Å². The molecule has 1 aromatic carbocycles. The van der Waals surface area contributed by atoms with Crippen molar-refractivity contribution < 1.29 is 14.3 Å². The molecule has 1 saturated carbocycles. The molecule has 152 valence electrons. The van der Waals surface area contributed by atoms with Crippen LogP contribution in [0.25, 0.3) is 0 Å². The molecule has 0 spiro atoms. The number of likely N-dealkylation sites (N-methyl/N-ethyl adjacent to an activating group) is 1. The minimum absolute atomic E-state index is 0.0221. The Labute approximate surface area is 164 Å². The fourth-order valence-corrected chi connectivity index (χ4v) is 3.89. The van der Waals surface area contributed by atoms with Crippen LogP contribution in [0, 0.1) is 5.92 Å². The molecule has 5 heteroatoms. The van der Waals surface area contributed by atoms with Gasteiger partial charge in [-0.15, -0.1) is 0 Å². The van der Waals surface area contributed by atoms with Crippen molar-refractivity contribution in [2.45, 2.75) is 59.0 Å². The summed E-state index contributed by atoms with van der Waals surface area (Å²) >= 11 is 0. The van der Waals surface area contributed by atoms with Gasteiger partial charge in [-0.1, -0.05) is 27.2 Å². The van der Waals surface area contributed by atoms with Gasteiger partial charge in [0.25, 0.3) is 5.91 Å². The highest BCUT2D eigenvalue weighted by Crippen LogP contribution is 2.36. The molecule has 1 aromatic rings. The van der Waals surface area contributed by atoms with E-state index in [9.17, 15) is 4.79 Å². The highest BCUT2D eigenvalue weighted by atomic mass is 16.5. The van der Waals surface area contributed by atoms with Gasteiger partial charge < -0.3 is 19.7 Å². The number of carbonyl (C=O) groups excluding carboxylic acids is 1. The van der Waals surface area contributed by atoms with Crippen molar-refractivity contribution >= 4 is 11.6 Å². The Morgan fingerprint density at radius 2 is 1.93 bits per heavy atom. The van der Waals surface area contributed by atoms with Crippen LogP contribution in [-0.4, -0.2) is 49.3 Å². The number of amides is 1. The highest BCUT2D eigenvalue weighted by molar-refractivity contribution is 5.97. The minimum Gasteiger partial charge on any atom is -0.492 e. The summed E-state index contributed by atoms with van der Waals surface area (Å²) < 4.78 is 11.8. The molecule has 0 unspecified atom stereocenters. The molecule has 0 aliphatic heterocycles. The normalized spacial score (nSPS) is 22.6. The van der Waals surface area contributed by atoms with Gasteiger partial charge in [-0.3, -0.25) is 4.79 Å². The molecule has 2 rings (SSSR count). The first-order valence-electron chi connectivity index (χ1n) is 10.4. The SMILES string of the molecule is CCO[C@]1(C(=O)Nc2ccc(OCCN(CC)CC)cc2)CCC[C@@H](C)C1. The smallest absolute Gasteiger partial charge is 0.256 e. The van der Waals surface area contributed by atoms with E-state index in [0.29, 0.717) is 19.1 Å². The number of rotatable bonds is 10. The fraction of sp³-hybridized carbons (Fsp3) is 0.682. The molecule has 5 nitrogen and oxygen atoms in total. The third kappa shape index (κ3) is 6.22. The molecule has 0 radical (unpaired) electrons. The van der Waals surface area contributed by atoms with E-state index in [0.717, 1.165) is 50.3 Å². The average Bonchev–Trinajstić information content (AvgIpc) is 2.67. The van der Waals surface area contributed by atoms with Gasteiger partial charge in [-0.2, -0.15) is 0 Å². The summed E-state index contributed by atoms with van der Waals surface area (Å²) in [6.45, 7) is 12.7. The zero-order chi connectivity index (χ0) is 19.7. The van der Waals surface area contributed by atoms with Crippen molar-refractivity contribution in [2.75, 3.05) is 38.2 Å². The van der Waals surface area contributed by atoms with Crippen molar-refractivity contribution in [3.05, 3.63) is 24.3 Å². The highest BCUT2D eigenvalue weighted by Gasteiger charge is 2.42. The number of anilines is 1. The summed E-state index contributed by atoms with van der Waals surface area (Å²) in [5.74, 6) is 1.31. The standard InChI is InChI=1S/C22H36N2O3/c1-5-24(6-2)15-16-26-20-12-10-19(11-13-20)23-21(25)22(27-7-3)14-8-9-18(4)17-22/h10-13,18H,5-9,14-17H2,1-4H3,(H,23,25)/t18-,22-/m1/s1. The first-order valence-corrected chi connectivity index (χ1v) is 10.4. The summed E-state index contributed by atoms with van der Waals surface area (Å²) in [4.78, 5) is 15.3. The number of benzene rings is 1. The van der Waals surface area contributed by atoms with Crippen LogP contribution in [0.5, 0.6) is 5.75 Å². The molecular weight excluding hydrogens is 340 g/mol. The molecule has 1 amide bonds. The number of hydrogen-bond donors (Lipinski definition) is 1. The Morgan fingerprint density at radius 1 is 1.22 bits per heavy atom. The fourth-order valence-electron chi connectivity index (χ4n) is 3.89. The van der Waals surface area contributed by atoms with E-state index in [-0.39, 0.29) is 5.91 Å². The molecular formula is C22H36N2O3. The van der Waals surface area contributed by atoms with Crippen LogP contribution in [0.1, 0.15) is 53.4 Å². The lowest BCUT2D eigenvalue weighted by Gasteiger charge is -2.38. The summed E-state index contributed by atoms with van der Waals surface area (Å²) in [7, 11) is 0. The molecule has 1 N–H and O–H groups in total. The van der Waals surface area contributed by atoms with Crippen molar-refractivity contribution in [2.24, 2.45) is 5.92 Å². The maximum atomic E-state index is 13.0. The second-order valence-electron chi connectivity index (χ2n) is 7.48. The predicted molar refractivity (Wildman–Crippen MR) is 110 cm³/mol. The molecule has 1 aliphatic carbocycles. The summed E-state index contributed by atoms with van der Waals surface area (Å²) in [5, 5.41) is 3.05. The first kappa shape index (κ1) is 21.7. The van der Waals surface area contributed by atoms with Gasteiger partial charge >= 0.3 is 0 Å². The van der Waals surface area contributed by atoms with E-state index in [1.807, 2.05) is 31.2 Å². The quantitative estimate of drug-likeness (QED) is 0.660. The van der Waals surface area contributed by atoms with Gasteiger partial charge in [0.05, 0.1) is 0 Å². The molecule has 1 fully saturated rings. The lowest BCUT2D eigenvalue weighted by Crippen LogP contribution is -2.48. The second kappa shape index (κ2) is 10.7. The maximum Gasteiger partial charge on any atom is 0.256 e. The molecule has 2 atom stereocenters. The Kier molecular flexibility index (Phi) is 8.58. The lowest BCUT2D eigenvalue weighted by atomic mass is 9.78. The van der Waals surface area contributed by atoms with Crippen LogP contribution in [-0.2, 0) is 9.53 Å². The van der Waals surface area contributed by atoms with E-state index in [2.05, 4.69) is 31.0 Å². The van der Waals surface area contributed by atoms with Gasteiger partial charge in [0, 0.05) is 18.8 Å². The van der Waals surface area contributed by atoms with Crippen LogP contribution in [0.15, 0.2) is 24.3 Å². The number of hydrogen-bond acceptors (Lipinski definition) is 4. The molecule has 1 aliphatic rings. The second-order valence-corrected chi connectivity index (χ2v) is 7.48. The molecule has 0 aromatic heterocycles. The van der Waals surface area contributed by atoms with E-state index < -0.39 is 5.60 Å². The Balaban J connectivity index is 1.91. The van der Waals surface area contributed by atoms with Gasteiger partial charge in [-0.25, -0.2) is 0 Å². The Morgan fingerprint density at radius 3 is 2.52 bits per heavy atom. The lowest BCUT2D eigenvalue weighted by molar-refractivity contribution is -0.147. The van der Waals surface area contributed by atoms with E-state index in [1.54, 1.807) is 0 Å². The zero-order valence-corrected chi connectivity index (χ0v) is 17.4. The number of ether oxygens (including phenoxy) is 2. The van der Waals surface area contributed by atoms with Crippen molar-refractivity contribution in [1.29, 1.82) is 0 Å². The largest absolute Gasteiger partial charge is 0.492 e. The monoisotopic (exact) mass is 376 g/mol. The first-order chi connectivity index (χ1) is 13.0. The minimum atomic E-state index is -0.689. The zero-order valence-electron chi connectivity index (χ0n) is 17.4. The van der Waals surface area contributed by atoms with Crippen molar-refractivity contribution in [3.63, 3.8) is 0 Å². The van der Waals surface area contributed by atoms with Crippen LogP contribution in [0.2, 0.25) is 0 Å². The van der Waals surface area contributed by atoms with Gasteiger partial charge in [-0.05, 0) is 69.5 Å². The van der Waals surface area contributed by atoms with E-state index in [4.69, 9.17) is 9.47 Å². The number of carbonyl (C=O) groups is 1. The third-order valence-corrected chi connectivity index (χ3v) is 5.47. The molecule has 0 saturated heterocycles. The van der Waals surface area contributed by atoms with E-state index >= 15 is 0 Å². The molecule has 0 bridgehead atoms. The average molecular weight is 377 g/mol. The molecule has 0 heterocycles. The number of nitrogens with one attached hydrogen (secondary N) is 1. The van der Waals surface area contributed by atoms with Crippen LogP contribution >= 0.6 is 0 Å². The maximum absolute atomic E-state index is 13.0. The predicted octanol–water partition coefficient (Wildman–Crippen LogP) is 4.33. The Bertz CT molecular complexity index is 567. The van der Waals surface area contributed by atoms with Gasteiger partial charge in [0.2, 0.25) is 0 Å². The molecule has 27 heavy (non-hydrogen) atoms. The summed E-state index contributed by atoms with van der Waals surface area (Å²) in [6.07, 6.45) is 3.79. The van der Waals surface area contributed by atoms with Gasteiger partial charge in [0.15, 0.2) is 0 Å². The third-order valence-electron chi connectivity index (χ3n) is 5.47. The summed E-state index contributed by atoms with van der Waals surface area (Å²) in [6, 6.07) is 7.62. The Hall–Kier alpha value is -1.59. The van der Waals surface area contributed by atoms with Crippen LogP contribution in [0.3, 0.4) is 0 Å². The van der Waals surface area contributed by atoms with Gasteiger partial charge in [0.1, 0.15) is 18.0 Å². The van der Waals surface area contributed by atoms with Crippen molar-refractivity contribution in [1.82, 2.24) is 4.90 Å². The number of nitrogens with zero attached hydrogens (tertiary/aromatic N) is 1.